The summed E-state index contributed by atoms with van der Waals surface area (Å²) < 4.78 is 1.85. The lowest BCUT2D eigenvalue weighted by molar-refractivity contribution is 0.569. The molecule has 0 amide bonds. The molecule has 0 fully saturated rings. The largest absolute Gasteiger partial charge is 0.305 e. The second-order valence-electron chi connectivity index (χ2n) is 4.54. The lowest BCUT2D eigenvalue weighted by atomic mass is 9.96. The molecule has 0 radical (unpaired) electrons. The summed E-state index contributed by atoms with van der Waals surface area (Å²) in [5.74, 6) is 0. The first-order valence-corrected chi connectivity index (χ1v) is 7.05. The zero-order valence-electron chi connectivity index (χ0n) is 11.7. The molecule has 1 aromatic carbocycles. The van der Waals surface area contributed by atoms with E-state index in [1.54, 1.807) is 6.20 Å². The van der Waals surface area contributed by atoms with E-state index in [-0.39, 0.29) is 6.04 Å². The van der Waals surface area contributed by atoms with Crippen LogP contribution in [0.4, 0.5) is 0 Å². The molecule has 1 heterocycles. The average Bonchev–Trinajstić information content (AvgIpc) is 2.76. The van der Waals surface area contributed by atoms with Crippen LogP contribution >= 0.6 is 11.6 Å². The van der Waals surface area contributed by atoms with Gasteiger partial charge < -0.3 is 5.32 Å². The Morgan fingerprint density at radius 2 is 2.05 bits per heavy atom. The summed E-state index contributed by atoms with van der Waals surface area (Å²) in [5.41, 5.74) is 3.63. The van der Waals surface area contributed by atoms with E-state index >= 15 is 0 Å². The van der Waals surface area contributed by atoms with Crippen molar-refractivity contribution in [3.05, 3.63) is 52.3 Å². The summed E-state index contributed by atoms with van der Waals surface area (Å²) in [6, 6.07) is 8.57. The molecule has 102 valence electrons. The van der Waals surface area contributed by atoms with Crippen LogP contribution in [0.2, 0.25) is 5.02 Å². The van der Waals surface area contributed by atoms with Gasteiger partial charge in [-0.3, -0.25) is 4.68 Å². The Bertz CT molecular complexity index is 529. The number of nitrogens with zero attached hydrogens (tertiary/aromatic N) is 2. The van der Waals surface area contributed by atoms with Crippen molar-refractivity contribution in [2.24, 2.45) is 7.05 Å². The molecule has 0 aliphatic heterocycles. The highest BCUT2D eigenvalue weighted by Gasteiger charge is 2.21. The van der Waals surface area contributed by atoms with Crippen molar-refractivity contribution >= 4 is 11.6 Å². The smallest absolute Gasteiger partial charge is 0.0837 e. The highest BCUT2D eigenvalue weighted by Crippen LogP contribution is 2.29. The van der Waals surface area contributed by atoms with Gasteiger partial charge >= 0.3 is 0 Å². The van der Waals surface area contributed by atoms with Crippen molar-refractivity contribution in [1.82, 2.24) is 15.1 Å². The molecule has 1 unspecified atom stereocenters. The first kappa shape index (κ1) is 14.1. The van der Waals surface area contributed by atoms with E-state index in [9.17, 15) is 0 Å². The van der Waals surface area contributed by atoms with Crippen molar-refractivity contribution < 1.29 is 0 Å². The number of hydrogen-bond donors (Lipinski definition) is 1. The van der Waals surface area contributed by atoms with Crippen molar-refractivity contribution in [2.75, 3.05) is 6.54 Å². The van der Waals surface area contributed by atoms with E-state index in [0.717, 1.165) is 18.7 Å². The summed E-state index contributed by atoms with van der Waals surface area (Å²) in [7, 11) is 1.93. The zero-order valence-corrected chi connectivity index (χ0v) is 12.4. The Morgan fingerprint density at radius 1 is 1.32 bits per heavy atom. The molecule has 0 saturated heterocycles. The number of rotatable bonds is 5. The molecule has 0 spiro atoms. The van der Waals surface area contributed by atoms with Gasteiger partial charge in [0.15, 0.2) is 0 Å². The zero-order chi connectivity index (χ0) is 13.8. The second kappa shape index (κ2) is 6.22. The van der Waals surface area contributed by atoms with Crippen LogP contribution in [0, 0.1) is 0 Å². The van der Waals surface area contributed by atoms with Gasteiger partial charge in [0.05, 0.1) is 23.0 Å². The maximum Gasteiger partial charge on any atom is 0.0837 e. The van der Waals surface area contributed by atoms with Crippen LogP contribution < -0.4 is 5.32 Å². The third-order valence-electron chi connectivity index (χ3n) is 3.37. The molecule has 1 atom stereocenters. The fraction of sp³-hybridized carbons (Fsp3) is 0.400. The van der Waals surface area contributed by atoms with Crippen molar-refractivity contribution in [1.29, 1.82) is 0 Å². The molecule has 3 nitrogen and oxygen atoms in total. The molecule has 1 N–H and O–H groups in total. The van der Waals surface area contributed by atoms with Gasteiger partial charge in [-0.15, -0.1) is 0 Å². The number of halogens is 1. The van der Waals surface area contributed by atoms with Crippen LogP contribution in [0.25, 0.3) is 0 Å². The maximum atomic E-state index is 6.30. The Labute approximate surface area is 119 Å². The molecular weight excluding hydrogens is 258 g/mol. The quantitative estimate of drug-likeness (QED) is 0.908. The van der Waals surface area contributed by atoms with Crippen LogP contribution in [0.5, 0.6) is 0 Å². The molecule has 0 aliphatic carbocycles. The molecule has 0 bridgehead atoms. The fourth-order valence-corrected chi connectivity index (χ4v) is 2.72. The van der Waals surface area contributed by atoms with Crippen molar-refractivity contribution in [2.45, 2.75) is 26.3 Å². The lowest BCUT2D eigenvalue weighted by Gasteiger charge is -2.22. The Morgan fingerprint density at radius 3 is 2.63 bits per heavy atom. The van der Waals surface area contributed by atoms with Gasteiger partial charge in [0, 0.05) is 7.05 Å². The van der Waals surface area contributed by atoms with Crippen LogP contribution in [0.1, 0.15) is 36.7 Å². The average molecular weight is 278 g/mol. The molecule has 1 aromatic heterocycles. The minimum absolute atomic E-state index is 0.0844. The van der Waals surface area contributed by atoms with Gasteiger partial charge in [0.2, 0.25) is 0 Å². The predicted octanol–water partition coefficient (Wildman–Crippen LogP) is 3.33. The minimum atomic E-state index is 0.0844. The molecule has 4 heteroatoms. The van der Waals surface area contributed by atoms with E-state index in [2.05, 4.69) is 48.5 Å². The highest BCUT2D eigenvalue weighted by molar-refractivity contribution is 6.31. The van der Waals surface area contributed by atoms with Gasteiger partial charge in [-0.05, 0) is 24.1 Å². The number of nitrogens with one attached hydrogen (secondary N) is 1. The molecule has 0 saturated carbocycles. The first-order valence-electron chi connectivity index (χ1n) is 6.67. The number of aromatic nitrogens is 2. The molecule has 0 aliphatic rings. The van der Waals surface area contributed by atoms with Gasteiger partial charge in [0.25, 0.3) is 0 Å². The van der Waals surface area contributed by atoms with Crippen LogP contribution in [-0.4, -0.2) is 16.3 Å². The summed E-state index contributed by atoms with van der Waals surface area (Å²) in [6.07, 6.45) is 2.71. The molecular formula is C15H20ClN3. The summed E-state index contributed by atoms with van der Waals surface area (Å²) in [6.45, 7) is 5.16. The van der Waals surface area contributed by atoms with Crippen molar-refractivity contribution in [3.63, 3.8) is 0 Å². The topological polar surface area (TPSA) is 29.9 Å². The van der Waals surface area contributed by atoms with Gasteiger partial charge in [0.1, 0.15) is 0 Å². The number of aryl methyl sites for hydroxylation is 2. The van der Waals surface area contributed by atoms with E-state index < -0.39 is 0 Å². The van der Waals surface area contributed by atoms with E-state index in [0.29, 0.717) is 5.02 Å². The standard InChI is InChI=1S/C15H20ClN3/c1-4-11-8-6-7-9-12(11)14(17-5-2)15-13(16)10-18-19(15)3/h6-10,14,17H,4-5H2,1-3H3. The van der Waals surface area contributed by atoms with Gasteiger partial charge in [-0.25, -0.2) is 0 Å². The van der Waals surface area contributed by atoms with Crippen LogP contribution in [0.15, 0.2) is 30.5 Å². The van der Waals surface area contributed by atoms with E-state index in [1.165, 1.54) is 11.1 Å². The third-order valence-corrected chi connectivity index (χ3v) is 3.66. The summed E-state index contributed by atoms with van der Waals surface area (Å²) in [4.78, 5) is 0. The van der Waals surface area contributed by atoms with Crippen LogP contribution in [-0.2, 0) is 13.5 Å². The Balaban J connectivity index is 2.51. The lowest BCUT2D eigenvalue weighted by Crippen LogP contribution is -2.25. The Hall–Kier alpha value is -1.32. The normalized spacial score (nSPS) is 12.6. The molecule has 2 rings (SSSR count). The van der Waals surface area contributed by atoms with Crippen molar-refractivity contribution in [3.8, 4) is 0 Å². The predicted molar refractivity (Wildman–Crippen MR) is 79.6 cm³/mol. The summed E-state index contributed by atoms with van der Waals surface area (Å²) in [5, 5.41) is 8.47. The van der Waals surface area contributed by atoms with E-state index in [1.807, 2.05) is 11.7 Å². The summed E-state index contributed by atoms with van der Waals surface area (Å²) >= 11 is 6.30. The van der Waals surface area contributed by atoms with Gasteiger partial charge in [-0.2, -0.15) is 5.10 Å². The molecule has 19 heavy (non-hydrogen) atoms. The minimum Gasteiger partial charge on any atom is -0.305 e. The van der Waals surface area contributed by atoms with Crippen LogP contribution in [0.3, 0.4) is 0 Å². The van der Waals surface area contributed by atoms with E-state index in [4.69, 9.17) is 11.6 Å². The first-order chi connectivity index (χ1) is 9.19. The number of benzene rings is 1. The third kappa shape index (κ3) is 2.82. The maximum absolute atomic E-state index is 6.30. The van der Waals surface area contributed by atoms with Gasteiger partial charge in [-0.1, -0.05) is 49.7 Å². The Kier molecular flexibility index (Phi) is 4.61. The SMILES string of the molecule is CCNC(c1ccccc1CC)c1c(Cl)cnn1C. The molecule has 2 aromatic rings. The fourth-order valence-electron chi connectivity index (χ4n) is 2.44. The highest BCUT2D eigenvalue weighted by atomic mass is 35.5. The monoisotopic (exact) mass is 277 g/mol. The second-order valence-corrected chi connectivity index (χ2v) is 4.95. The number of hydrogen-bond acceptors (Lipinski definition) is 2.